The van der Waals surface area contributed by atoms with Gasteiger partial charge in [0, 0.05) is 32.3 Å². The minimum atomic E-state index is -0.236. The van der Waals surface area contributed by atoms with Crippen LogP contribution in [-0.2, 0) is 14.2 Å². The summed E-state index contributed by atoms with van der Waals surface area (Å²) in [7, 11) is 8.21. The first-order chi connectivity index (χ1) is 12.8. The molecule has 0 radical (unpaired) electrons. The van der Waals surface area contributed by atoms with Crippen molar-refractivity contribution in [3.8, 4) is 0 Å². The Morgan fingerprint density at radius 3 is 2.63 bits per heavy atom. The van der Waals surface area contributed by atoms with E-state index in [1.54, 1.807) is 12.0 Å². The van der Waals surface area contributed by atoms with E-state index >= 15 is 0 Å². The van der Waals surface area contributed by atoms with Crippen LogP contribution in [0.4, 0.5) is 4.79 Å². The number of rotatable bonds is 7. The third-order valence-electron chi connectivity index (χ3n) is 6.02. The Balaban J connectivity index is 1.84. The summed E-state index contributed by atoms with van der Waals surface area (Å²) in [5, 5.41) is 0. The number of amides is 1. The largest absolute Gasteiger partial charge is 0.450 e. The Kier molecular flexibility index (Phi) is 8.79. The lowest BCUT2D eigenvalue weighted by Gasteiger charge is -2.42. The monoisotopic (exact) mass is 385 g/mol. The molecule has 0 aromatic rings. The molecule has 2 rings (SSSR count). The number of likely N-dealkylation sites (tertiary alicyclic amines) is 1. The Bertz CT molecular complexity index is 463. The number of nitrogens with zero attached hydrogens (tertiary/aromatic N) is 3. The number of hydrogen-bond donors (Lipinski definition) is 0. The van der Waals surface area contributed by atoms with E-state index in [0.29, 0.717) is 44.0 Å². The Morgan fingerprint density at radius 2 is 2.00 bits per heavy atom. The molecule has 0 aliphatic carbocycles. The molecule has 0 aromatic carbocycles. The average Bonchev–Trinajstić information content (AvgIpc) is 2.65. The van der Waals surface area contributed by atoms with Crippen LogP contribution < -0.4 is 0 Å². The summed E-state index contributed by atoms with van der Waals surface area (Å²) in [6.07, 6.45) is 4.53. The highest BCUT2D eigenvalue weighted by atomic mass is 16.6. The SMILES string of the molecule is CCOC(=O)N1CCC(N(C)CCC2CC(N(C)C)CC(C)O2)C(OC)C1. The molecule has 7 heteroatoms. The van der Waals surface area contributed by atoms with Gasteiger partial charge in [0.1, 0.15) is 0 Å². The molecule has 2 saturated heterocycles. The van der Waals surface area contributed by atoms with E-state index in [9.17, 15) is 4.79 Å². The first-order valence-electron chi connectivity index (χ1n) is 10.3. The third kappa shape index (κ3) is 6.31. The van der Waals surface area contributed by atoms with E-state index < -0.39 is 0 Å². The van der Waals surface area contributed by atoms with E-state index in [0.717, 1.165) is 32.2 Å². The molecule has 1 amide bonds. The van der Waals surface area contributed by atoms with Gasteiger partial charge in [0.2, 0.25) is 0 Å². The third-order valence-corrected chi connectivity index (χ3v) is 6.02. The van der Waals surface area contributed by atoms with E-state index in [2.05, 4.69) is 37.9 Å². The number of likely N-dealkylation sites (N-methyl/N-ethyl adjacent to an activating group) is 1. The molecular formula is C20H39N3O4. The fraction of sp³-hybridized carbons (Fsp3) is 0.950. The van der Waals surface area contributed by atoms with Gasteiger partial charge in [-0.3, -0.25) is 0 Å². The van der Waals surface area contributed by atoms with Gasteiger partial charge in [-0.1, -0.05) is 0 Å². The summed E-state index contributed by atoms with van der Waals surface area (Å²) in [5.41, 5.74) is 0. The van der Waals surface area contributed by atoms with Crippen molar-refractivity contribution in [1.29, 1.82) is 0 Å². The molecule has 5 atom stereocenters. The fourth-order valence-electron chi connectivity index (χ4n) is 4.36. The van der Waals surface area contributed by atoms with Crippen molar-refractivity contribution >= 4 is 6.09 Å². The second-order valence-electron chi connectivity index (χ2n) is 8.20. The highest BCUT2D eigenvalue weighted by molar-refractivity contribution is 5.67. The minimum absolute atomic E-state index is 0.00822. The van der Waals surface area contributed by atoms with Crippen LogP contribution in [0.25, 0.3) is 0 Å². The first-order valence-corrected chi connectivity index (χ1v) is 10.3. The normalized spacial score (nSPS) is 32.1. The van der Waals surface area contributed by atoms with E-state index in [1.807, 2.05) is 6.92 Å². The summed E-state index contributed by atoms with van der Waals surface area (Å²) < 4.78 is 17.0. The first kappa shape index (κ1) is 22.4. The summed E-state index contributed by atoms with van der Waals surface area (Å²) in [4.78, 5) is 18.5. The highest BCUT2D eigenvalue weighted by Crippen LogP contribution is 2.25. The summed E-state index contributed by atoms with van der Waals surface area (Å²) >= 11 is 0. The number of piperidine rings is 1. The Morgan fingerprint density at radius 1 is 1.26 bits per heavy atom. The van der Waals surface area contributed by atoms with Gasteiger partial charge in [-0.2, -0.15) is 0 Å². The van der Waals surface area contributed by atoms with Crippen molar-refractivity contribution in [3.05, 3.63) is 0 Å². The maximum atomic E-state index is 12.0. The van der Waals surface area contributed by atoms with E-state index in [1.165, 1.54) is 0 Å². The van der Waals surface area contributed by atoms with Crippen molar-refractivity contribution in [3.63, 3.8) is 0 Å². The molecule has 27 heavy (non-hydrogen) atoms. The predicted molar refractivity (Wildman–Crippen MR) is 106 cm³/mol. The van der Waals surface area contributed by atoms with Crippen LogP contribution in [0.1, 0.15) is 39.5 Å². The molecular weight excluding hydrogens is 346 g/mol. The van der Waals surface area contributed by atoms with Crippen molar-refractivity contribution in [2.24, 2.45) is 0 Å². The molecule has 2 aliphatic heterocycles. The van der Waals surface area contributed by atoms with E-state index in [4.69, 9.17) is 14.2 Å². The smallest absolute Gasteiger partial charge is 0.409 e. The van der Waals surface area contributed by atoms with Gasteiger partial charge in [-0.25, -0.2) is 4.79 Å². The molecule has 0 spiro atoms. The van der Waals surface area contributed by atoms with Crippen LogP contribution in [0.3, 0.4) is 0 Å². The molecule has 7 nitrogen and oxygen atoms in total. The molecule has 0 bridgehead atoms. The number of hydrogen-bond acceptors (Lipinski definition) is 6. The topological polar surface area (TPSA) is 54.5 Å². The lowest BCUT2D eigenvalue weighted by Crippen LogP contribution is -2.55. The van der Waals surface area contributed by atoms with Crippen molar-refractivity contribution < 1.29 is 19.0 Å². The Labute approximate surface area is 164 Å². The molecule has 0 saturated carbocycles. The van der Waals surface area contributed by atoms with Gasteiger partial charge < -0.3 is 28.9 Å². The molecule has 0 aromatic heterocycles. The van der Waals surface area contributed by atoms with Gasteiger partial charge in [0.05, 0.1) is 31.5 Å². The second-order valence-corrected chi connectivity index (χ2v) is 8.20. The zero-order valence-electron chi connectivity index (χ0n) is 18.0. The van der Waals surface area contributed by atoms with Gasteiger partial charge in [-0.15, -0.1) is 0 Å². The Hall–Kier alpha value is -0.890. The van der Waals surface area contributed by atoms with Gasteiger partial charge in [0.25, 0.3) is 0 Å². The van der Waals surface area contributed by atoms with Gasteiger partial charge in [0.15, 0.2) is 0 Å². The van der Waals surface area contributed by atoms with Crippen LogP contribution in [0.5, 0.6) is 0 Å². The molecule has 0 N–H and O–H groups in total. The van der Waals surface area contributed by atoms with Crippen LogP contribution in [-0.4, -0.2) is 106 Å². The van der Waals surface area contributed by atoms with Crippen LogP contribution in [0, 0.1) is 0 Å². The minimum Gasteiger partial charge on any atom is -0.450 e. The quantitative estimate of drug-likeness (QED) is 0.669. The average molecular weight is 386 g/mol. The number of carbonyl (C=O) groups is 1. The standard InChI is InChI=1S/C20H39N3O4/c1-7-26-20(24)23-11-9-18(19(14-23)25-6)22(5)10-8-17-13-16(21(3)4)12-15(2)27-17/h15-19H,7-14H2,1-6H3. The van der Waals surface area contributed by atoms with Gasteiger partial charge >= 0.3 is 6.09 Å². The lowest BCUT2D eigenvalue weighted by atomic mass is 9.95. The lowest BCUT2D eigenvalue weighted by molar-refractivity contribution is -0.0774. The van der Waals surface area contributed by atoms with Crippen molar-refractivity contribution in [2.45, 2.75) is 69.9 Å². The summed E-state index contributed by atoms with van der Waals surface area (Å²) in [6, 6.07) is 0.912. The maximum absolute atomic E-state index is 12.0. The van der Waals surface area contributed by atoms with Crippen LogP contribution >= 0.6 is 0 Å². The molecule has 5 unspecified atom stereocenters. The summed E-state index contributed by atoms with van der Waals surface area (Å²) in [5.74, 6) is 0. The zero-order chi connectivity index (χ0) is 20.0. The molecule has 2 fully saturated rings. The molecule has 158 valence electrons. The highest BCUT2D eigenvalue weighted by Gasteiger charge is 2.35. The summed E-state index contributed by atoms with van der Waals surface area (Å²) in [6.45, 7) is 6.70. The molecule has 2 aliphatic rings. The second kappa shape index (κ2) is 10.6. The number of methoxy groups -OCH3 is 1. The van der Waals surface area contributed by atoms with Gasteiger partial charge in [-0.05, 0) is 60.7 Å². The maximum Gasteiger partial charge on any atom is 0.409 e. The van der Waals surface area contributed by atoms with E-state index in [-0.39, 0.29) is 12.2 Å². The number of carbonyl (C=O) groups excluding carboxylic acids is 1. The van der Waals surface area contributed by atoms with Crippen molar-refractivity contribution in [2.75, 3.05) is 54.5 Å². The van der Waals surface area contributed by atoms with Crippen LogP contribution in [0.2, 0.25) is 0 Å². The van der Waals surface area contributed by atoms with Crippen molar-refractivity contribution in [1.82, 2.24) is 14.7 Å². The zero-order valence-corrected chi connectivity index (χ0v) is 18.0. The van der Waals surface area contributed by atoms with Crippen LogP contribution in [0.15, 0.2) is 0 Å². The fourth-order valence-corrected chi connectivity index (χ4v) is 4.36. The predicted octanol–water partition coefficient (Wildman–Crippen LogP) is 2.05. The molecule has 2 heterocycles. The number of ether oxygens (including phenoxy) is 3.